The summed E-state index contributed by atoms with van der Waals surface area (Å²) in [6.45, 7) is 3.61. The molecule has 0 spiro atoms. The molecule has 7 rings (SSSR count). The number of aliphatic hydroxyl groups excluding tert-OH is 1. The lowest BCUT2D eigenvalue weighted by Crippen LogP contribution is -2.45. The molecule has 2 N–H and O–H groups in total. The number of piperazine rings is 1. The van der Waals surface area contributed by atoms with E-state index < -0.39 is 0 Å². The van der Waals surface area contributed by atoms with Gasteiger partial charge in [-0.3, -0.25) is 4.90 Å². The Hall–Kier alpha value is -3.34. The van der Waals surface area contributed by atoms with Crippen molar-refractivity contribution in [2.24, 2.45) is 0 Å². The average Bonchev–Trinajstić information content (AvgIpc) is 3.67. The maximum atomic E-state index is 9.90. The average molecular weight is 501 g/mol. The number of nitrogens with zero attached hydrogens (tertiary/aromatic N) is 7. The highest BCUT2D eigenvalue weighted by atomic mass is 32.1. The van der Waals surface area contributed by atoms with Crippen LogP contribution in [0.4, 0.5) is 23.3 Å². The van der Waals surface area contributed by atoms with Gasteiger partial charge in [-0.05, 0) is 38.1 Å². The molecule has 3 atom stereocenters. The lowest BCUT2D eigenvalue weighted by molar-refractivity contribution is 0.198. The number of fused-ring (bicyclic) bond motifs is 3. The summed E-state index contributed by atoms with van der Waals surface area (Å²) in [7, 11) is 2.20. The van der Waals surface area contributed by atoms with Gasteiger partial charge in [0.25, 0.3) is 0 Å². The fraction of sp³-hybridized carbons (Fsp3) is 0.385. The Morgan fingerprint density at radius 1 is 1.03 bits per heavy atom. The number of benzene rings is 1. The molecule has 3 aliphatic heterocycles. The van der Waals surface area contributed by atoms with E-state index in [-0.39, 0.29) is 6.10 Å². The second-order valence-electron chi connectivity index (χ2n) is 10.00. The number of hydrogen-bond acceptors (Lipinski definition) is 10. The number of thiazole rings is 1. The van der Waals surface area contributed by atoms with Crippen molar-refractivity contribution in [2.75, 3.05) is 48.3 Å². The van der Waals surface area contributed by atoms with Crippen LogP contribution in [0.2, 0.25) is 0 Å². The van der Waals surface area contributed by atoms with Gasteiger partial charge in [-0.25, -0.2) is 15.0 Å². The van der Waals surface area contributed by atoms with Crippen molar-refractivity contribution >= 4 is 44.8 Å². The number of nitrogens with one attached hydrogen (secondary N) is 1. The van der Waals surface area contributed by atoms with Crippen molar-refractivity contribution in [2.45, 2.75) is 31.0 Å². The van der Waals surface area contributed by atoms with Gasteiger partial charge >= 0.3 is 0 Å². The van der Waals surface area contributed by atoms with E-state index in [9.17, 15) is 5.11 Å². The number of hydrogen-bond donors (Lipinski definition) is 2. The highest BCUT2D eigenvalue weighted by Crippen LogP contribution is 2.34. The van der Waals surface area contributed by atoms with Gasteiger partial charge in [0.1, 0.15) is 16.6 Å². The van der Waals surface area contributed by atoms with Gasteiger partial charge in [-0.15, -0.1) is 11.3 Å². The van der Waals surface area contributed by atoms with E-state index in [1.807, 2.05) is 24.5 Å². The summed E-state index contributed by atoms with van der Waals surface area (Å²) in [4.78, 5) is 25.8. The molecule has 0 amide bonds. The molecular formula is C26H28N8OS. The van der Waals surface area contributed by atoms with Gasteiger partial charge < -0.3 is 20.2 Å². The van der Waals surface area contributed by atoms with E-state index in [1.165, 1.54) is 6.42 Å². The third-order valence-electron chi connectivity index (χ3n) is 7.57. The maximum absolute atomic E-state index is 9.90. The van der Waals surface area contributed by atoms with E-state index in [4.69, 9.17) is 9.97 Å². The molecule has 2 bridgehead atoms. The molecule has 3 saturated heterocycles. The van der Waals surface area contributed by atoms with Gasteiger partial charge in [0.2, 0.25) is 5.95 Å². The maximum Gasteiger partial charge on any atom is 0.227 e. The standard InChI is InChI=1S/C26H28N8OS/c1-32-13-19-10-18(32)14-34(19)26-27-7-5-23(31-26)30-24-11-21-22(12-28-24)36-25(29-21)16-3-2-4-17(9-16)33-8-6-20(35)15-33/h2-5,7,9,11-12,18-20,35H,6,8,10,13-15H2,1H3,(H,27,28,30,31)/t18-,19-,20-/m0/s1. The molecule has 10 heteroatoms. The summed E-state index contributed by atoms with van der Waals surface area (Å²) in [6, 6.07) is 13.4. The van der Waals surface area contributed by atoms with Crippen molar-refractivity contribution < 1.29 is 5.11 Å². The fourth-order valence-electron chi connectivity index (χ4n) is 5.64. The number of anilines is 4. The molecule has 1 aromatic carbocycles. The number of β-amino-alcohol motifs (C(OH)–C–C–N with tert-alkyl or cyclic N) is 1. The third kappa shape index (κ3) is 3.95. The SMILES string of the molecule is CN1C[C@@H]2C[C@H]1CN2c1nccc(Nc2cc3nc(-c4cccc(N5CC[C@H](O)C5)c4)sc3cn2)n1. The summed E-state index contributed by atoms with van der Waals surface area (Å²) < 4.78 is 1.04. The molecule has 184 valence electrons. The summed E-state index contributed by atoms with van der Waals surface area (Å²) in [5.74, 6) is 2.23. The molecule has 0 unspecified atom stereocenters. The fourth-order valence-corrected chi connectivity index (χ4v) is 6.55. The van der Waals surface area contributed by atoms with Gasteiger partial charge in [0, 0.05) is 68.0 Å². The van der Waals surface area contributed by atoms with Crippen LogP contribution in [-0.4, -0.2) is 81.4 Å². The first-order chi connectivity index (χ1) is 17.6. The normalized spacial score (nSPS) is 23.8. The minimum atomic E-state index is -0.244. The second kappa shape index (κ2) is 8.65. The Kier molecular flexibility index (Phi) is 5.26. The molecule has 0 radical (unpaired) electrons. The number of rotatable bonds is 5. The van der Waals surface area contributed by atoms with E-state index in [0.29, 0.717) is 24.4 Å². The van der Waals surface area contributed by atoms with Crippen molar-refractivity contribution in [1.29, 1.82) is 0 Å². The monoisotopic (exact) mass is 500 g/mol. The lowest BCUT2D eigenvalue weighted by Gasteiger charge is -2.31. The van der Waals surface area contributed by atoms with Crippen LogP contribution in [0.1, 0.15) is 12.8 Å². The molecule has 9 nitrogen and oxygen atoms in total. The Morgan fingerprint density at radius 3 is 2.78 bits per heavy atom. The van der Waals surface area contributed by atoms with Crippen molar-refractivity contribution in [3.8, 4) is 10.6 Å². The summed E-state index contributed by atoms with van der Waals surface area (Å²) >= 11 is 1.64. The highest BCUT2D eigenvalue weighted by Gasteiger charge is 2.42. The second-order valence-corrected chi connectivity index (χ2v) is 11.0. The number of aliphatic hydroxyl groups is 1. The number of likely N-dealkylation sites (N-methyl/N-ethyl adjacent to an activating group) is 1. The predicted octanol–water partition coefficient (Wildman–Crippen LogP) is 3.36. The first kappa shape index (κ1) is 21.9. The van der Waals surface area contributed by atoms with Crippen LogP contribution < -0.4 is 15.1 Å². The number of aromatic nitrogens is 4. The smallest absolute Gasteiger partial charge is 0.227 e. The number of pyridine rings is 1. The number of likely N-dealkylation sites (tertiary alicyclic amines) is 1. The topological polar surface area (TPSA) is 93.5 Å². The van der Waals surface area contributed by atoms with Crippen LogP contribution in [0.15, 0.2) is 48.8 Å². The molecule has 6 heterocycles. The molecule has 0 saturated carbocycles. The Bertz CT molecular complexity index is 1420. The van der Waals surface area contributed by atoms with Crippen LogP contribution >= 0.6 is 11.3 Å². The first-order valence-electron chi connectivity index (χ1n) is 12.5. The zero-order valence-electron chi connectivity index (χ0n) is 20.1. The molecule has 36 heavy (non-hydrogen) atoms. The molecule has 3 aliphatic rings. The summed E-state index contributed by atoms with van der Waals surface area (Å²) in [5, 5.41) is 14.2. The predicted molar refractivity (Wildman–Crippen MR) is 143 cm³/mol. The summed E-state index contributed by atoms with van der Waals surface area (Å²) in [6.07, 6.45) is 5.44. The zero-order valence-corrected chi connectivity index (χ0v) is 20.9. The highest BCUT2D eigenvalue weighted by molar-refractivity contribution is 7.21. The molecule has 0 aliphatic carbocycles. The van der Waals surface area contributed by atoms with Crippen LogP contribution in [0.25, 0.3) is 20.8 Å². The Morgan fingerprint density at radius 2 is 1.97 bits per heavy atom. The van der Waals surface area contributed by atoms with Crippen molar-refractivity contribution in [1.82, 2.24) is 24.8 Å². The zero-order chi connectivity index (χ0) is 24.2. The van der Waals surface area contributed by atoms with E-state index in [1.54, 1.807) is 11.3 Å². The third-order valence-corrected chi connectivity index (χ3v) is 8.62. The quantitative estimate of drug-likeness (QED) is 0.428. The minimum Gasteiger partial charge on any atom is -0.391 e. The largest absolute Gasteiger partial charge is 0.391 e. The van der Waals surface area contributed by atoms with Gasteiger partial charge in [-0.2, -0.15) is 4.98 Å². The van der Waals surface area contributed by atoms with E-state index in [2.05, 4.69) is 61.3 Å². The van der Waals surface area contributed by atoms with Crippen LogP contribution in [-0.2, 0) is 0 Å². The molecule has 3 aromatic heterocycles. The van der Waals surface area contributed by atoms with Crippen LogP contribution in [0.5, 0.6) is 0 Å². The van der Waals surface area contributed by atoms with Crippen molar-refractivity contribution in [3.63, 3.8) is 0 Å². The first-order valence-corrected chi connectivity index (χ1v) is 13.3. The van der Waals surface area contributed by atoms with Gasteiger partial charge in [0.05, 0.1) is 16.3 Å². The Labute approximate surface area is 213 Å². The van der Waals surface area contributed by atoms with Crippen molar-refractivity contribution in [3.05, 3.63) is 48.8 Å². The van der Waals surface area contributed by atoms with Crippen LogP contribution in [0, 0.1) is 0 Å². The molecular weight excluding hydrogens is 472 g/mol. The van der Waals surface area contributed by atoms with Gasteiger partial charge in [0.15, 0.2) is 0 Å². The van der Waals surface area contributed by atoms with Gasteiger partial charge in [-0.1, -0.05) is 12.1 Å². The molecule has 3 fully saturated rings. The Balaban J connectivity index is 1.11. The minimum absolute atomic E-state index is 0.244. The summed E-state index contributed by atoms with van der Waals surface area (Å²) in [5.41, 5.74) is 3.11. The van der Waals surface area contributed by atoms with E-state index >= 15 is 0 Å². The van der Waals surface area contributed by atoms with Crippen LogP contribution in [0.3, 0.4) is 0 Å². The lowest BCUT2D eigenvalue weighted by atomic mass is 10.2. The van der Waals surface area contributed by atoms with E-state index in [0.717, 1.165) is 64.3 Å². The molecule has 4 aromatic rings.